The molecule has 1 fully saturated rings. The van der Waals surface area contributed by atoms with Gasteiger partial charge in [0.1, 0.15) is 5.75 Å². The third-order valence-corrected chi connectivity index (χ3v) is 2.93. The summed E-state index contributed by atoms with van der Waals surface area (Å²) in [6.45, 7) is 0.741. The highest BCUT2D eigenvalue weighted by molar-refractivity contribution is 6.30. The van der Waals surface area contributed by atoms with Gasteiger partial charge < -0.3 is 4.74 Å². The minimum atomic E-state index is 0.547. The molecular weight excluding hydrogens is 210 g/mol. The van der Waals surface area contributed by atoms with E-state index in [9.17, 15) is 0 Å². The number of halogens is 1. The van der Waals surface area contributed by atoms with Crippen molar-refractivity contribution in [1.82, 2.24) is 0 Å². The molecule has 2 nitrogen and oxygen atoms in total. The molecule has 0 N–H and O–H groups in total. The molecule has 0 atom stereocenters. The second-order valence-electron chi connectivity index (χ2n) is 3.90. The van der Waals surface area contributed by atoms with Crippen LogP contribution in [0.2, 0.25) is 5.02 Å². The largest absolute Gasteiger partial charge is 0.493 e. The van der Waals surface area contributed by atoms with Gasteiger partial charge in [-0.2, -0.15) is 5.26 Å². The van der Waals surface area contributed by atoms with E-state index in [4.69, 9.17) is 21.6 Å². The molecule has 0 radical (unpaired) electrons. The Balaban J connectivity index is 2.00. The van der Waals surface area contributed by atoms with Gasteiger partial charge in [-0.3, -0.25) is 0 Å². The highest BCUT2D eigenvalue weighted by atomic mass is 35.5. The van der Waals surface area contributed by atoms with Gasteiger partial charge in [-0.1, -0.05) is 18.0 Å². The molecule has 0 spiro atoms. The summed E-state index contributed by atoms with van der Waals surface area (Å²) >= 11 is 5.86. The fourth-order valence-corrected chi connectivity index (χ4v) is 1.81. The van der Waals surface area contributed by atoms with Crippen molar-refractivity contribution in [2.24, 2.45) is 5.92 Å². The lowest BCUT2D eigenvalue weighted by molar-refractivity contribution is 0.180. The zero-order chi connectivity index (χ0) is 10.7. The average Bonchev–Trinajstić information content (AvgIpc) is 2.14. The van der Waals surface area contributed by atoms with Gasteiger partial charge >= 0.3 is 0 Å². The van der Waals surface area contributed by atoms with Crippen molar-refractivity contribution in [1.29, 1.82) is 5.26 Å². The molecule has 0 heterocycles. The van der Waals surface area contributed by atoms with E-state index in [0.717, 1.165) is 6.61 Å². The predicted octanol–water partition coefficient (Wildman–Crippen LogP) is 3.39. The van der Waals surface area contributed by atoms with E-state index in [1.54, 1.807) is 18.2 Å². The van der Waals surface area contributed by atoms with Crippen LogP contribution in [0.3, 0.4) is 0 Å². The lowest BCUT2D eigenvalue weighted by atomic mass is 9.86. The summed E-state index contributed by atoms with van der Waals surface area (Å²) in [5.41, 5.74) is 0.547. The first kappa shape index (κ1) is 10.3. The Hall–Kier alpha value is -1.20. The van der Waals surface area contributed by atoms with Gasteiger partial charge in [-0.05, 0) is 37.0 Å². The molecule has 1 saturated carbocycles. The zero-order valence-electron chi connectivity index (χ0n) is 8.37. The van der Waals surface area contributed by atoms with E-state index in [1.165, 1.54) is 19.3 Å². The van der Waals surface area contributed by atoms with E-state index < -0.39 is 0 Å². The highest BCUT2D eigenvalue weighted by Crippen LogP contribution is 2.28. The quantitative estimate of drug-likeness (QED) is 0.784. The number of benzene rings is 1. The van der Waals surface area contributed by atoms with E-state index >= 15 is 0 Å². The summed E-state index contributed by atoms with van der Waals surface area (Å²) in [6.07, 6.45) is 3.82. The molecule has 1 aliphatic carbocycles. The first-order valence-corrected chi connectivity index (χ1v) is 5.49. The summed E-state index contributed by atoms with van der Waals surface area (Å²) in [5.74, 6) is 1.39. The molecule has 3 heteroatoms. The van der Waals surface area contributed by atoms with Gasteiger partial charge in [0.2, 0.25) is 0 Å². The van der Waals surface area contributed by atoms with Crippen molar-refractivity contribution in [3.05, 3.63) is 28.8 Å². The lowest BCUT2D eigenvalue weighted by Crippen LogP contribution is -2.19. The van der Waals surface area contributed by atoms with Gasteiger partial charge in [0.15, 0.2) is 0 Å². The molecule has 0 aliphatic heterocycles. The second kappa shape index (κ2) is 4.55. The van der Waals surface area contributed by atoms with E-state index in [0.29, 0.717) is 22.3 Å². The number of ether oxygens (including phenoxy) is 1. The van der Waals surface area contributed by atoms with Crippen LogP contribution < -0.4 is 4.74 Å². The van der Waals surface area contributed by atoms with Crippen molar-refractivity contribution in [3.8, 4) is 11.8 Å². The van der Waals surface area contributed by atoms with Crippen LogP contribution in [0.15, 0.2) is 18.2 Å². The first-order chi connectivity index (χ1) is 7.28. The average molecular weight is 222 g/mol. The number of nitrogens with zero attached hydrogens (tertiary/aromatic N) is 1. The first-order valence-electron chi connectivity index (χ1n) is 5.11. The topological polar surface area (TPSA) is 33.0 Å². The standard InChI is InChI=1S/C12H12ClNO/c13-11-4-10(7-14)5-12(6-11)15-8-9-2-1-3-9/h4-6,9H,1-3,8H2. The fourth-order valence-electron chi connectivity index (χ4n) is 1.58. The van der Waals surface area contributed by atoms with E-state index in [2.05, 4.69) is 6.07 Å². The van der Waals surface area contributed by atoms with E-state index in [1.807, 2.05) is 0 Å². The Bertz CT molecular complexity index is 393. The minimum absolute atomic E-state index is 0.547. The summed E-state index contributed by atoms with van der Waals surface area (Å²) in [7, 11) is 0. The SMILES string of the molecule is N#Cc1cc(Cl)cc(OCC2CCC2)c1. The highest BCUT2D eigenvalue weighted by Gasteiger charge is 2.17. The van der Waals surface area contributed by atoms with Crippen LogP contribution in [0, 0.1) is 17.2 Å². The Morgan fingerprint density at radius 3 is 2.80 bits per heavy atom. The normalized spacial score (nSPS) is 15.5. The molecule has 0 bridgehead atoms. The Morgan fingerprint density at radius 2 is 2.20 bits per heavy atom. The predicted molar refractivity (Wildman–Crippen MR) is 59.0 cm³/mol. The van der Waals surface area contributed by atoms with Crippen LogP contribution in [0.5, 0.6) is 5.75 Å². The molecule has 78 valence electrons. The molecule has 15 heavy (non-hydrogen) atoms. The number of hydrogen-bond acceptors (Lipinski definition) is 2. The van der Waals surface area contributed by atoms with Gasteiger partial charge in [0.05, 0.1) is 18.2 Å². The molecule has 2 rings (SSSR count). The molecule has 0 saturated heterocycles. The number of hydrogen-bond donors (Lipinski definition) is 0. The van der Waals surface area contributed by atoms with E-state index in [-0.39, 0.29) is 0 Å². The summed E-state index contributed by atoms with van der Waals surface area (Å²) in [5, 5.41) is 9.31. The molecule has 1 aromatic carbocycles. The maximum Gasteiger partial charge on any atom is 0.122 e. The van der Waals surface area contributed by atoms with Gasteiger partial charge in [0.25, 0.3) is 0 Å². The minimum Gasteiger partial charge on any atom is -0.493 e. The third-order valence-electron chi connectivity index (χ3n) is 2.71. The zero-order valence-corrected chi connectivity index (χ0v) is 9.13. The molecule has 0 aromatic heterocycles. The third kappa shape index (κ3) is 2.64. The Morgan fingerprint density at radius 1 is 1.40 bits per heavy atom. The Kier molecular flexibility index (Phi) is 3.13. The van der Waals surface area contributed by atoms with Crippen molar-refractivity contribution < 1.29 is 4.74 Å². The van der Waals surface area contributed by atoms with Crippen molar-refractivity contribution in [3.63, 3.8) is 0 Å². The summed E-state index contributed by atoms with van der Waals surface area (Å²) in [6, 6.07) is 7.17. The summed E-state index contributed by atoms with van der Waals surface area (Å²) < 4.78 is 5.60. The smallest absolute Gasteiger partial charge is 0.122 e. The van der Waals surface area contributed by atoms with Crippen molar-refractivity contribution >= 4 is 11.6 Å². The van der Waals surface area contributed by atoms with Crippen LogP contribution in [0.4, 0.5) is 0 Å². The summed E-state index contributed by atoms with van der Waals surface area (Å²) in [4.78, 5) is 0. The molecule has 0 unspecified atom stereocenters. The van der Waals surface area contributed by atoms with Gasteiger partial charge in [-0.15, -0.1) is 0 Å². The maximum atomic E-state index is 8.76. The van der Waals surface area contributed by atoms with Crippen LogP contribution in [0.25, 0.3) is 0 Å². The molecular formula is C12H12ClNO. The molecule has 1 aromatic rings. The number of rotatable bonds is 3. The van der Waals surface area contributed by atoms with Gasteiger partial charge in [-0.25, -0.2) is 0 Å². The molecule has 0 amide bonds. The van der Waals surface area contributed by atoms with Crippen LogP contribution in [0.1, 0.15) is 24.8 Å². The van der Waals surface area contributed by atoms with Crippen LogP contribution in [-0.4, -0.2) is 6.61 Å². The van der Waals surface area contributed by atoms with Gasteiger partial charge in [0, 0.05) is 5.02 Å². The maximum absolute atomic E-state index is 8.76. The van der Waals surface area contributed by atoms with Crippen molar-refractivity contribution in [2.75, 3.05) is 6.61 Å². The van der Waals surface area contributed by atoms with Crippen LogP contribution >= 0.6 is 11.6 Å². The molecule has 1 aliphatic rings. The van der Waals surface area contributed by atoms with Crippen LogP contribution in [-0.2, 0) is 0 Å². The monoisotopic (exact) mass is 221 g/mol. The van der Waals surface area contributed by atoms with Crippen molar-refractivity contribution in [2.45, 2.75) is 19.3 Å². The second-order valence-corrected chi connectivity index (χ2v) is 4.33. The Labute approximate surface area is 94.4 Å². The number of nitriles is 1. The lowest BCUT2D eigenvalue weighted by Gasteiger charge is -2.25. The fraction of sp³-hybridized carbons (Fsp3) is 0.417.